The molecule has 1 atom stereocenters. The zero-order valence-corrected chi connectivity index (χ0v) is 28.1. The molecule has 0 aliphatic rings. The van der Waals surface area contributed by atoms with Crippen LogP contribution in [0.3, 0.4) is 0 Å². The summed E-state index contributed by atoms with van der Waals surface area (Å²) in [6.45, 7) is 15.7. The van der Waals surface area contributed by atoms with E-state index < -0.39 is 6.16 Å². The van der Waals surface area contributed by atoms with Gasteiger partial charge >= 0.3 is 12.1 Å². The number of esters is 1. The van der Waals surface area contributed by atoms with Crippen molar-refractivity contribution in [1.29, 1.82) is 0 Å². The predicted molar refractivity (Wildman–Crippen MR) is 171 cm³/mol. The second kappa shape index (κ2) is 31.1. The molecule has 0 spiro atoms. The molecule has 0 aromatic carbocycles. The van der Waals surface area contributed by atoms with E-state index in [9.17, 15) is 9.59 Å². The number of hydrogen-bond donors (Lipinski definition) is 0. The molecule has 0 fully saturated rings. The molecule has 8 heteroatoms. The van der Waals surface area contributed by atoms with Crippen LogP contribution in [0, 0.1) is 5.92 Å². The first kappa shape index (κ1) is 40.6. The normalized spacial score (nSPS) is 12.2. The summed E-state index contributed by atoms with van der Waals surface area (Å²) >= 11 is 0. The van der Waals surface area contributed by atoms with Crippen LogP contribution < -0.4 is 0 Å². The highest BCUT2D eigenvalue weighted by Gasteiger charge is 2.15. The fraction of sp³-hybridized carbons (Fsp3) is 0.941. The number of carbonyl (C=O) groups excluding carboxylic acids is 2. The fourth-order valence-electron chi connectivity index (χ4n) is 4.66. The number of hydrogen-bond acceptors (Lipinski definition) is 8. The van der Waals surface area contributed by atoms with E-state index in [1.807, 2.05) is 6.92 Å². The molecule has 0 rings (SSSR count). The molecule has 0 bridgehead atoms. The molecule has 0 N–H and O–H groups in total. The van der Waals surface area contributed by atoms with Gasteiger partial charge in [0.15, 0.2) is 6.29 Å². The Morgan fingerprint density at radius 1 is 0.571 bits per heavy atom. The van der Waals surface area contributed by atoms with E-state index in [-0.39, 0.29) is 37.8 Å². The highest BCUT2D eigenvalue weighted by Crippen LogP contribution is 2.12. The average molecular weight is 602 g/mol. The Balaban J connectivity index is 4.19. The summed E-state index contributed by atoms with van der Waals surface area (Å²) in [5, 5.41) is 0. The number of nitrogens with zero attached hydrogens (tertiary/aromatic N) is 1. The molecule has 0 radical (unpaired) electrons. The van der Waals surface area contributed by atoms with Crippen molar-refractivity contribution in [3.8, 4) is 0 Å². The Hall–Kier alpha value is -1.38. The van der Waals surface area contributed by atoms with Crippen molar-refractivity contribution in [2.45, 2.75) is 150 Å². The van der Waals surface area contributed by atoms with Crippen LogP contribution in [-0.4, -0.2) is 76.0 Å². The van der Waals surface area contributed by atoms with Crippen molar-refractivity contribution < 1.29 is 33.3 Å². The number of rotatable bonds is 31. The summed E-state index contributed by atoms with van der Waals surface area (Å²) < 4.78 is 27.8. The van der Waals surface area contributed by atoms with Gasteiger partial charge in [-0.05, 0) is 45.2 Å². The Morgan fingerprint density at radius 2 is 1.10 bits per heavy atom. The predicted octanol–water partition coefficient (Wildman–Crippen LogP) is 8.69. The van der Waals surface area contributed by atoms with Crippen molar-refractivity contribution in [3.63, 3.8) is 0 Å². The van der Waals surface area contributed by atoms with E-state index in [1.54, 1.807) is 0 Å². The van der Waals surface area contributed by atoms with Gasteiger partial charge in [0.05, 0.1) is 19.6 Å². The third kappa shape index (κ3) is 27.5. The second-order valence-corrected chi connectivity index (χ2v) is 11.6. The summed E-state index contributed by atoms with van der Waals surface area (Å²) in [5.41, 5.74) is 0. The molecule has 0 saturated heterocycles. The Labute approximate surface area is 258 Å². The molecular formula is C34H67NO7. The van der Waals surface area contributed by atoms with Gasteiger partial charge in [-0.2, -0.15) is 0 Å². The molecule has 0 amide bonds. The van der Waals surface area contributed by atoms with Gasteiger partial charge in [-0.25, -0.2) is 4.79 Å². The molecular weight excluding hydrogens is 534 g/mol. The molecule has 0 aromatic heterocycles. The van der Waals surface area contributed by atoms with Gasteiger partial charge < -0.3 is 28.6 Å². The summed E-state index contributed by atoms with van der Waals surface area (Å²) in [6, 6.07) is 0. The highest BCUT2D eigenvalue weighted by atomic mass is 16.7. The molecule has 0 saturated carbocycles. The highest BCUT2D eigenvalue weighted by molar-refractivity contribution is 5.69. The van der Waals surface area contributed by atoms with Gasteiger partial charge in [-0.15, -0.1) is 0 Å². The first-order chi connectivity index (χ1) is 20.5. The van der Waals surface area contributed by atoms with Crippen LogP contribution in [0.1, 0.15) is 144 Å². The number of unbranched alkanes of at least 4 members (excludes halogenated alkanes) is 10. The van der Waals surface area contributed by atoms with Crippen LogP contribution in [-0.2, 0) is 28.5 Å². The minimum absolute atomic E-state index is 0.116. The third-order valence-corrected chi connectivity index (χ3v) is 7.12. The van der Waals surface area contributed by atoms with Crippen LogP contribution in [0.15, 0.2) is 0 Å². The lowest BCUT2D eigenvalue weighted by Crippen LogP contribution is -2.27. The van der Waals surface area contributed by atoms with Crippen LogP contribution in [0.25, 0.3) is 0 Å². The maximum absolute atomic E-state index is 12.4. The van der Waals surface area contributed by atoms with E-state index in [4.69, 9.17) is 23.7 Å². The SMILES string of the molecule is CCCCCCCCOC(CCC(=O)OCC(C)COC(=O)OCCCN(CCC)CCC)OCCCCCCCC. The van der Waals surface area contributed by atoms with Crippen LogP contribution in [0.5, 0.6) is 0 Å². The first-order valence-electron chi connectivity index (χ1n) is 17.4. The van der Waals surface area contributed by atoms with E-state index in [1.165, 1.54) is 51.4 Å². The summed E-state index contributed by atoms with van der Waals surface area (Å²) in [4.78, 5) is 26.7. The largest absolute Gasteiger partial charge is 0.508 e. The van der Waals surface area contributed by atoms with Crippen LogP contribution in [0.2, 0.25) is 0 Å². The Morgan fingerprint density at radius 3 is 1.64 bits per heavy atom. The minimum atomic E-state index is -0.668. The standard InChI is InChI=1S/C34H67NO7/c1-6-10-12-14-16-18-26-38-33(39-27-19-17-15-13-11-7-2)22-21-32(36)41-29-31(5)30-42-34(37)40-28-20-25-35(23-8-3)24-9-4/h31,33H,6-30H2,1-5H3. The minimum Gasteiger partial charge on any atom is -0.465 e. The van der Waals surface area contributed by atoms with Gasteiger partial charge in [-0.1, -0.05) is 98.8 Å². The third-order valence-electron chi connectivity index (χ3n) is 7.12. The van der Waals surface area contributed by atoms with E-state index >= 15 is 0 Å². The lowest BCUT2D eigenvalue weighted by atomic mass is 10.1. The molecule has 250 valence electrons. The van der Waals surface area contributed by atoms with E-state index in [2.05, 4.69) is 32.6 Å². The Kier molecular flexibility index (Phi) is 30.0. The topological polar surface area (TPSA) is 83.5 Å². The van der Waals surface area contributed by atoms with Crippen molar-refractivity contribution in [2.24, 2.45) is 5.92 Å². The maximum Gasteiger partial charge on any atom is 0.508 e. The molecule has 8 nitrogen and oxygen atoms in total. The second-order valence-electron chi connectivity index (χ2n) is 11.6. The molecule has 0 aliphatic carbocycles. The summed E-state index contributed by atoms with van der Waals surface area (Å²) in [6.07, 6.45) is 17.2. The lowest BCUT2D eigenvalue weighted by molar-refractivity contribution is -0.160. The molecule has 42 heavy (non-hydrogen) atoms. The smallest absolute Gasteiger partial charge is 0.465 e. The zero-order chi connectivity index (χ0) is 31.1. The van der Waals surface area contributed by atoms with Gasteiger partial charge in [-0.3, -0.25) is 4.79 Å². The van der Waals surface area contributed by atoms with Gasteiger partial charge in [0.1, 0.15) is 6.61 Å². The maximum atomic E-state index is 12.4. The first-order valence-corrected chi connectivity index (χ1v) is 17.4. The summed E-state index contributed by atoms with van der Waals surface area (Å²) in [5.74, 6) is -0.403. The zero-order valence-electron chi connectivity index (χ0n) is 28.1. The van der Waals surface area contributed by atoms with Gasteiger partial charge in [0.2, 0.25) is 0 Å². The average Bonchev–Trinajstić information content (AvgIpc) is 2.98. The van der Waals surface area contributed by atoms with Crippen LogP contribution in [0.4, 0.5) is 4.79 Å². The molecule has 0 aromatic rings. The van der Waals surface area contributed by atoms with Crippen molar-refractivity contribution in [2.75, 3.05) is 52.7 Å². The Bertz CT molecular complexity index is 580. The number of carbonyl (C=O) groups is 2. The summed E-state index contributed by atoms with van der Waals surface area (Å²) in [7, 11) is 0. The van der Waals surface area contributed by atoms with Crippen LogP contribution >= 0.6 is 0 Å². The molecule has 0 heterocycles. The number of ether oxygens (including phenoxy) is 5. The van der Waals surface area contributed by atoms with E-state index in [0.29, 0.717) is 26.2 Å². The van der Waals surface area contributed by atoms with Crippen molar-refractivity contribution in [1.82, 2.24) is 4.90 Å². The van der Waals surface area contributed by atoms with Crippen molar-refractivity contribution in [3.05, 3.63) is 0 Å². The molecule has 1 unspecified atom stereocenters. The van der Waals surface area contributed by atoms with Gasteiger partial charge in [0, 0.05) is 32.1 Å². The quantitative estimate of drug-likeness (QED) is 0.0443. The lowest BCUT2D eigenvalue weighted by Gasteiger charge is -2.20. The molecule has 0 aliphatic heterocycles. The van der Waals surface area contributed by atoms with E-state index in [0.717, 1.165) is 64.6 Å². The van der Waals surface area contributed by atoms with Crippen molar-refractivity contribution >= 4 is 12.1 Å². The monoisotopic (exact) mass is 601 g/mol. The fourth-order valence-corrected chi connectivity index (χ4v) is 4.66. The van der Waals surface area contributed by atoms with Gasteiger partial charge in [0.25, 0.3) is 0 Å².